The number of halogens is 1. The van der Waals surface area contributed by atoms with Crippen LogP contribution in [0.2, 0.25) is 0 Å². The van der Waals surface area contributed by atoms with Crippen LogP contribution in [0.4, 0.5) is 10.1 Å². The normalized spacial score (nSPS) is 11.7. The molecule has 0 bridgehead atoms. The molecule has 0 aliphatic rings. The lowest BCUT2D eigenvalue weighted by Gasteiger charge is -2.08. The number of nitrogens with one attached hydrogen (secondary N) is 1. The minimum atomic E-state index is -3.74. The van der Waals surface area contributed by atoms with Crippen LogP contribution in [0.5, 0.6) is 0 Å². The molecule has 7 heteroatoms. The molecule has 0 aliphatic carbocycles. The Labute approximate surface area is 93.1 Å². The number of hydrogen-bond donors (Lipinski definition) is 3. The molecular weight excluding hydrogens is 235 g/mol. The van der Waals surface area contributed by atoms with E-state index in [0.29, 0.717) is 0 Å². The lowest BCUT2D eigenvalue weighted by Crippen LogP contribution is -2.26. The topological polar surface area (TPSA) is 92.4 Å². The maximum Gasteiger partial charge on any atom is 0.240 e. The van der Waals surface area contributed by atoms with E-state index >= 15 is 0 Å². The van der Waals surface area contributed by atoms with Crippen LogP contribution in [0.1, 0.15) is 5.56 Å². The fourth-order valence-corrected chi connectivity index (χ4v) is 2.32. The zero-order chi connectivity index (χ0) is 12.3. The third-order valence-electron chi connectivity index (χ3n) is 1.97. The van der Waals surface area contributed by atoms with Crippen molar-refractivity contribution < 1.29 is 17.9 Å². The molecule has 0 aliphatic heterocycles. The van der Waals surface area contributed by atoms with Crippen LogP contribution in [0.25, 0.3) is 0 Å². The number of nitrogens with two attached hydrogens (primary N) is 1. The zero-order valence-corrected chi connectivity index (χ0v) is 9.51. The Kier molecular flexibility index (Phi) is 3.84. The molecule has 90 valence electrons. The molecule has 0 heterocycles. The Hall–Kier alpha value is -1.18. The van der Waals surface area contributed by atoms with Gasteiger partial charge in [0.05, 0.1) is 17.2 Å². The van der Waals surface area contributed by atoms with Crippen molar-refractivity contribution >= 4 is 15.7 Å². The Balaban J connectivity index is 3.14. The van der Waals surface area contributed by atoms with Gasteiger partial charge in [0, 0.05) is 6.54 Å². The molecule has 0 aromatic heterocycles. The molecule has 0 spiro atoms. The van der Waals surface area contributed by atoms with Gasteiger partial charge >= 0.3 is 0 Å². The number of sulfonamides is 1. The van der Waals surface area contributed by atoms with Crippen molar-refractivity contribution in [3.8, 4) is 0 Å². The van der Waals surface area contributed by atoms with E-state index in [9.17, 15) is 12.8 Å². The first-order valence-corrected chi connectivity index (χ1v) is 6.03. The molecule has 4 N–H and O–H groups in total. The smallest absolute Gasteiger partial charge is 0.240 e. The maximum atomic E-state index is 13.2. The molecule has 1 aromatic carbocycles. The van der Waals surface area contributed by atoms with Crippen molar-refractivity contribution in [2.24, 2.45) is 0 Å². The van der Waals surface area contributed by atoms with E-state index in [0.717, 1.165) is 6.07 Å². The number of aliphatic hydroxyl groups excluding tert-OH is 1. The fraction of sp³-hybridized carbons (Fsp3) is 0.333. The Morgan fingerprint density at radius 2 is 2.12 bits per heavy atom. The molecule has 0 saturated carbocycles. The van der Waals surface area contributed by atoms with Crippen LogP contribution in [0.15, 0.2) is 17.0 Å². The van der Waals surface area contributed by atoms with Crippen molar-refractivity contribution in [3.63, 3.8) is 0 Å². The molecule has 5 nitrogen and oxygen atoms in total. The summed E-state index contributed by atoms with van der Waals surface area (Å²) in [5.74, 6) is -0.624. The van der Waals surface area contributed by atoms with E-state index in [-0.39, 0.29) is 29.3 Å². The van der Waals surface area contributed by atoms with Crippen LogP contribution in [-0.2, 0) is 10.0 Å². The highest BCUT2D eigenvalue weighted by Gasteiger charge is 2.16. The van der Waals surface area contributed by atoms with Crippen molar-refractivity contribution in [2.75, 3.05) is 18.9 Å². The Morgan fingerprint density at radius 1 is 1.50 bits per heavy atom. The van der Waals surface area contributed by atoms with E-state index < -0.39 is 15.8 Å². The average molecular weight is 248 g/mol. The van der Waals surface area contributed by atoms with E-state index in [4.69, 9.17) is 10.8 Å². The van der Waals surface area contributed by atoms with Gasteiger partial charge in [0.25, 0.3) is 0 Å². The van der Waals surface area contributed by atoms with Gasteiger partial charge in [-0.1, -0.05) is 0 Å². The second-order valence-corrected chi connectivity index (χ2v) is 5.03. The first kappa shape index (κ1) is 12.9. The molecule has 0 atom stereocenters. The zero-order valence-electron chi connectivity index (χ0n) is 8.70. The number of nitrogen functional groups attached to an aromatic ring is 1. The quantitative estimate of drug-likeness (QED) is 0.653. The monoisotopic (exact) mass is 248 g/mol. The third-order valence-corrected chi connectivity index (χ3v) is 3.41. The van der Waals surface area contributed by atoms with E-state index in [2.05, 4.69) is 4.72 Å². The van der Waals surface area contributed by atoms with E-state index in [1.54, 1.807) is 0 Å². The molecular formula is C9H13FN2O3S. The summed E-state index contributed by atoms with van der Waals surface area (Å²) < 4.78 is 38.5. The highest BCUT2D eigenvalue weighted by molar-refractivity contribution is 7.89. The Bertz CT molecular complexity index is 465. The minimum absolute atomic E-state index is 0.0985. The van der Waals surface area contributed by atoms with Crippen molar-refractivity contribution in [2.45, 2.75) is 11.8 Å². The summed E-state index contributed by atoms with van der Waals surface area (Å²) in [4.78, 5) is -0.114. The van der Waals surface area contributed by atoms with E-state index in [1.807, 2.05) is 0 Å². The van der Waals surface area contributed by atoms with Crippen LogP contribution in [-0.4, -0.2) is 26.7 Å². The summed E-state index contributed by atoms with van der Waals surface area (Å²) in [6.45, 7) is 1.02. The SMILES string of the molecule is Cc1cc(S(=O)(=O)NCCO)cc(N)c1F. The molecule has 1 rings (SSSR count). The largest absolute Gasteiger partial charge is 0.396 e. The number of hydrogen-bond acceptors (Lipinski definition) is 4. The summed E-state index contributed by atoms with van der Waals surface area (Å²) in [6, 6.07) is 2.23. The second-order valence-electron chi connectivity index (χ2n) is 3.26. The fourth-order valence-electron chi connectivity index (χ4n) is 1.18. The lowest BCUT2D eigenvalue weighted by molar-refractivity contribution is 0.301. The number of aliphatic hydroxyl groups is 1. The van der Waals surface area contributed by atoms with Gasteiger partial charge in [-0.15, -0.1) is 0 Å². The van der Waals surface area contributed by atoms with Crippen LogP contribution in [0.3, 0.4) is 0 Å². The molecule has 16 heavy (non-hydrogen) atoms. The molecule has 0 saturated heterocycles. The number of benzene rings is 1. The highest BCUT2D eigenvalue weighted by Crippen LogP contribution is 2.20. The average Bonchev–Trinajstić information content (AvgIpc) is 2.22. The van der Waals surface area contributed by atoms with Crippen molar-refractivity contribution in [1.82, 2.24) is 4.72 Å². The van der Waals surface area contributed by atoms with Crippen LogP contribution >= 0.6 is 0 Å². The standard InChI is InChI=1S/C9H13FN2O3S/c1-6-4-7(5-8(11)9(6)10)16(14,15)12-2-3-13/h4-5,12-13H,2-3,11H2,1H3. The van der Waals surface area contributed by atoms with Gasteiger partial charge in [0.1, 0.15) is 5.82 Å². The second kappa shape index (κ2) is 4.77. The maximum absolute atomic E-state index is 13.2. The van der Waals surface area contributed by atoms with Crippen LogP contribution < -0.4 is 10.5 Å². The summed E-state index contributed by atoms with van der Waals surface area (Å²) in [5.41, 5.74) is 5.27. The van der Waals surface area contributed by atoms with Crippen LogP contribution in [0, 0.1) is 12.7 Å². The molecule has 0 fully saturated rings. The number of aryl methyl sites for hydroxylation is 1. The van der Waals surface area contributed by atoms with Gasteiger partial charge in [-0.25, -0.2) is 17.5 Å². The summed E-state index contributed by atoms with van der Waals surface area (Å²) in [5, 5.41) is 8.52. The van der Waals surface area contributed by atoms with Gasteiger partial charge in [-0.3, -0.25) is 0 Å². The van der Waals surface area contributed by atoms with Gasteiger partial charge < -0.3 is 10.8 Å². The van der Waals surface area contributed by atoms with Gasteiger partial charge in [0.2, 0.25) is 10.0 Å². The third kappa shape index (κ3) is 2.69. The summed E-state index contributed by atoms with van der Waals surface area (Å²) in [6.07, 6.45) is 0. The number of rotatable bonds is 4. The first-order valence-electron chi connectivity index (χ1n) is 4.54. The summed E-state index contributed by atoms with van der Waals surface area (Å²) in [7, 11) is -3.74. The van der Waals surface area contributed by atoms with Gasteiger partial charge in [-0.2, -0.15) is 0 Å². The Morgan fingerprint density at radius 3 is 2.62 bits per heavy atom. The van der Waals surface area contributed by atoms with Crippen molar-refractivity contribution in [1.29, 1.82) is 0 Å². The first-order chi connectivity index (χ1) is 7.38. The van der Waals surface area contributed by atoms with E-state index in [1.165, 1.54) is 13.0 Å². The molecule has 0 unspecified atom stereocenters. The summed E-state index contributed by atoms with van der Waals surface area (Å²) >= 11 is 0. The lowest BCUT2D eigenvalue weighted by atomic mass is 10.2. The molecule has 0 amide bonds. The molecule has 0 radical (unpaired) electrons. The predicted octanol–water partition coefficient (Wildman–Crippen LogP) is -0.0131. The minimum Gasteiger partial charge on any atom is -0.396 e. The van der Waals surface area contributed by atoms with Gasteiger partial charge in [0.15, 0.2) is 0 Å². The molecule has 1 aromatic rings. The predicted molar refractivity (Wildman–Crippen MR) is 57.8 cm³/mol. The van der Waals surface area contributed by atoms with Crippen molar-refractivity contribution in [3.05, 3.63) is 23.5 Å². The number of anilines is 1. The van der Waals surface area contributed by atoms with Gasteiger partial charge in [-0.05, 0) is 24.6 Å². The highest BCUT2D eigenvalue weighted by atomic mass is 32.2.